The number of rotatable bonds is 7. The molecule has 11 nitrogen and oxygen atoms in total. The Morgan fingerprint density at radius 1 is 1.13 bits per heavy atom. The number of para-hydroxylation sites is 1. The molecule has 38 heavy (non-hydrogen) atoms. The highest BCUT2D eigenvalue weighted by Gasteiger charge is 2.29. The third-order valence-corrected chi connectivity index (χ3v) is 6.77. The second-order valence-corrected chi connectivity index (χ2v) is 9.07. The van der Waals surface area contributed by atoms with Crippen LogP contribution >= 0.6 is 0 Å². The molecule has 0 spiro atoms. The predicted molar refractivity (Wildman–Crippen MR) is 143 cm³/mol. The molecule has 1 aliphatic heterocycles. The van der Waals surface area contributed by atoms with Gasteiger partial charge in [0.25, 0.3) is 5.91 Å². The molecule has 0 saturated carbocycles. The molecule has 4 aromatic rings. The minimum Gasteiger partial charge on any atom is -0.496 e. The largest absolute Gasteiger partial charge is 0.496 e. The Morgan fingerprint density at radius 2 is 1.95 bits per heavy atom. The highest BCUT2D eigenvalue weighted by Crippen LogP contribution is 2.35. The minimum absolute atomic E-state index is 0.0193. The fourth-order valence-corrected chi connectivity index (χ4v) is 4.83. The molecule has 3 heterocycles. The lowest BCUT2D eigenvalue weighted by Crippen LogP contribution is -2.41. The molecule has 11 heteroatoms. The Kier molecular flexibility index (Phi) is 6.10. The summed E-state index contributed by atoms with van der Waals surface area (Å²) >= 11 is 0. The molecule has 2 aromatic heterocycles. The summed E-state index contributed by atoms with van der Waals surface area (Å²) in [4.78, 5) is 21.4. The average molecular weight is 510 g/mol. The number of hydrogen-bond donors (Lipinski definition) is 4. The number of nitrogens with zero attached hydrogens (tertiary/aromatic N) is 5. The van der Waals surface area contributed by atoms with Crippen LogP contribution in [0.4, 0.5) is 5.82 Å². The number of nitrogens with two attached hydrogens (primary N) is 1. The van der Waals surface area contributed by atoms with Crippen LogP contribution in [0.2, 0.25) is 0 Å². The van der Waals surface area contributed by atoms with Gasteiger partial charge in [0.05, 0.1) is 30.1 Å². The van der Waals surface area contributed by atoms with Gasteiger partial charge in [0.1, 0.15) is 23.6 Å². The second kappa shape index (κ2) is 9.87. The Morgan fingerprint density at radius 3 is 2.74 bits per heavy atom. The molecule has 0 fully saturated rings. The molecule has 2 atom stereocenters. The van der Waals surface area contributed by atoms with E-state index in [1.807, 2.05) is 58.5 Å². The summed E-state index contributed by atoms with van der Waals surface area (Å²) in [6, 6.07) is 15.2. The van der Waals surface area contributed by atoms with Crippen LogP contribution in [-0.4, -0.2) is 43.8 Å². The molecular formula is C27H27N9O2. The van der Waals surface area contributed by atoms with Crippen LogP contribution in [0.1, 0.15) is 28.4 Å². The number of aromatic nitrogens is 4. The number of hydrazine groups is 2. The fraction of sp³-hybridized carbons (Fsp3) is 0.185. The Hall–Kier alpha value is -4.90. The number of benzene rings is 2. The van der Waals surface area contributed by atoms with E-state index < -0.39 is 0 Å². The topological polar surface area (TPSA) is 135 Å². The van der Waals surface area contributed by atoms with Gasteiger partial charge in [-0.3, -0.25) is 9.80 Å². The van der Waals surface area contributed by atoms with Crippen molar-refractivity contribution in [2.75, 3.05) is 12.8 Å². The number of ether oxygens (including phenoxy) is 1. The number of nitrogens with one attached hydrogen (secondary N) is 3. The molecule has 5 N–H and O–H groups in total. The lowest BCUT2D eigenvalue weighted by Gasteiger charge is -2.23. The van der Waals surface area contributed by atoms with E-state index in [4.69, 9.17) is 15.6 Å². The molecule has 6 rings (SSSR count). The number of hydrogen-bond acceptors (Lipinski definition) is 9. The molecule has 0 saturated heterocycles. The van der Waals surface area contributed by atoms with Crippen LogP contribution in [0.25, 0.3) is 22.3 Å². The molecule has 2 aromatic carbocycles. The lowest BCUT2D eigenvalue weighted by atomic mass is 10.1. The number of allylic oxidation sites excluding steroid dienone is 1. The number of amides is 1. The molecule has 1 amide bonds. The van der Waals surface area contributed by atoms with Gasteiger partial charge in [0, 0.05) is 24.5 Å². The van der Waals surface area contributed by atoms with E-state index >= 15 is 0 Å². The van der Waals surface area contributed by atoms with Gasteiger partial charge >= 0.3 is 0 Å². The monoisotopic (exact) mass is 509 g/mol. The van der Waals surface area contributed by atoms with Gasteiger partial charge in [0.2, 0.25) is 0 Å². The Labute approximate surface area is 218 Å². The zero-order valence-electron chi connectivity index (χ0n) is 20.7. The van der Waals surface area contributed by atoms with Crippen LogP contribution in [0.15, 0.2) is 79.4 Å². The van der Waals surface area contributed by atoms with Gasteiger partial charge in [0.15, 0.2) is 5.65 Å². The lowest BCUT2D eigenvalue weighted by molar-refractivity contribution is 0.0948. The number of fused-ring (bicyclic) bond motifs is 1. The van der Waals surface area contributed by atoms with Gasteiger partial charge < -0.3 is 21.2 Å². The number of methoxy groups -OCH3 is 1. The maximum Gasteiger partial charge on any atom is 0.255 e. The smallest absolute Gasteiger partial charge is 0.255 e. The average Bonchev–Trinajstić information content (AvgIpc) is 3.72. The van der Waals surface area contributed by atoms with Gasteiger partial charge in [-0.25, -0.2) is 14.6 Å². The van der Waals surface area contributed by atoms with E-state index in [2.05, 4.69) is 38.4 Å². The van der Waals surface area contributed by atoms with Crippen LogP contribution in [0, 0.1) is 0 Å². The van der Waals surface area contributed by atoms with Crippen LogP contribution < -0.4 is 26.7 Å². The third-order valence-electron chi connectivity index (χ3n) is 6.77. The SMILES string of the molecule is COc1ccccc1C(=O)NCc1ccc(-c2nn(C3C=CC(N4C=CNN4)C3)c3ncnc(N)c23)cc1. The minimum atomic E-state index is -0.195. The zero-order valence-corrected chi connectivity index (χ0v) is 20.7. The van der Waals surface area contributed by atoms with E-state index in [0.717, 1.165) is 28.6 Å². The normalized spacial score (nSPS) is 18.2. The van der Waals surface area contributed by atoms with Crippen molar-refractivity contribution >= 4 is 22.8 Å². The maximum absolute atomic E-state index is 12.7. The van der Waals surface area contributed by atoms with E-state index in [9.17, 15) is 4.79 Å². The zero-order chi connectivity index (χ0) is 26.1. The van der Waals surface area contributed by atoms with E-state index in [1.54, 1.807) is 19.2 Å². The highest BCUT2D eigenvalue weighted by atomic mass is 16.5. The predicted octanol–water partition coefficient (Wildman–Crippen LogP) is 2.68. The van der Waals surface area contributed by atoms with Crippen molar-refractivity contribution in [2.45, 2.75) is 25.0 Å². The molecule has 0 radical (unpaired) electrons. The number of carbonyl (C=O) groups excluding carboxylic acids is 1. The molecular weight excluding hydrogens is 482 g/mol. The third kappa shape index (κ3) is 4.28. The molecule has 0 bridgehead atoms. The van der Waals surface area contributed by atoms with Crippen molar-refractivity contribution in [1.29, 1.82) is 0 Å². The summed E-state index contributed by atoms with van der Waals surface area (Å²) in [7, 11) is 1.55. The first kappa shape index (κ1) is 23.5. The van der Waals surface area contributed by atoms with Crippen molar-refractivity contribution in [1.82, 2.24) is 41.0 Å². The van der Waals surface area contributed by atoms with E-state index in [1.165, 1.54) is 6.33 Å². The fourth-order valence-electron chi connectivity index (χ4n) is 4.83. The van der Waals surface area contributed by atoms with Crippen LogP contribution in [0.5, 0.6) is 5.75 Å². The van der Waals surface area contributed by atoms with Gasteiger partial charge in [-0.2, -0.15) is 5.10 Å². The van der Waals surface area contributed by atoms with Crippen molar-refractivity contribution in [2.24, 2.45) is 0 Å². The first-order valence-electron chi connectivity index (χ1n) is 12.3. The Bertz CT molecular complexity index is 1540. The standard InChI is InChI=1S/C27H27N9O2/c1-38-22-5-3-2-4-21(22)27(37)29-15-17-6-8-18(9-7-17)24-23-25(28)30-16-31-26(23)36(33-24)20-11-10-19(14-20)35-13-12-32-34-35/h2-13,16,19-20,32,34H,14-15H2,1H3,(H,29,37)(H2,28,30,31). The van der Waals surface area contributed by atoms with Crippen molar-refractivity contribution in [3.63, 3.8) is 0 Å². The number of carbonyl (C=O) groups is 1. The number of anilines is 1. The summed E-state index contributed by atoms with van der Waals surface area (Å²) in [5.41, 5.74) is 16.1. The first-order valence-corrected chi connectivity index (χ1v) is 12.3. The highest BCUT2D eigenvalue weighted by molar-refractivity contribution is 5.98. The maximum atomic E-state index is 12.7. The quantitative estimate of drug-likeness (QED) is 0.277. The van der Waals surface area contributed by atoms with Crippen LogP contribution in [0.3, 0.4) is 0 Å². The van der Waals surface area contributed by atoms with E-state index in [-0.39, 0.29) is 18.0 Å². The molecule has 2 unspecified atom stereocenters. The van der Waals surface area contributed by atoms with Gasteiger partial charge in [-0.15, -0.1) is 5.53 Å². The van der Waals surface area contributed by atoms with Gasteiger partial charge in [-0.05, 0) is 24.1 Å². The van der Waals surface area contributed by atoms with Gasteiger partial charge in [-0.1, -0.05) is 48.6 Å². The first-order chi connectivity index (χ1) is 18.6. The molecule has 192 valence electrons. The van der Waals surface area contributed by atoms with Crippen molar-refractivity contribution in [3.05, 3.63) is 90.5 Å². The summed E-state index contributed by atoms with van der Waals surface area (Å²) in [6.45, 7) is 0.375. The molecule has 1 aliphatic carbocycles. The Balaban J connectivity index is 1.23. The second-order valence-electron chi connectivity index (χ2n) is 9.07. The van der Waals surface area contributed by atoms with Crippen molar-refractivity contribution < 1.29 is 9.53 Å². The van der Waals surface area contributed by atoms with Crippen LogP contribution in [-0.2, 0) is 6.54 Å². The van der Waals surface area contributed by atoms with Crippen molar-refractivity contribution in [3.8, 4) is 17.0 Å². The number of nitrogen functional groups attached to an aromatic ring is 1. The van der Waals surface area contributed by atoms with E-state index in [0.29, 0.717) is 29.3 Å². The summed E-state index contributed by atoms with van der Waals surface area (Å²) in [5, 5.41) is 10.6. The summed E-state index contributed by atoms with van der Waals surface area (Å²) in [5.74, 6) is 0.728. The molecule has 2 aliphatic rings. The summed E-state index contributed by atoms with van der Waals surface area (Å²) < 4.78 is 7.22. The summed E-state index contributed by atoms with van der Waals surface area (Å²) in [6.07, 6.45) is 10.4.